The molecule has 0 spiro atoms. The summed E-state index contributed by atoms with van der Waals surface area (Å²) < 4.78 is 6.93. The molecule has 158 valence electrons. The maximum absolute atomic E-state index is 13.0. The van der Waals surface area contributed by atoms with Crippen LogP contribution in [0.25, 0.3) is 5.65 Å². The second kappa shape index (κ2) is 8.64. The van der Waals surface area contributed by atoms with Crippen LogP contribution in [0.1, 0.15) is 38.3 Å². The molecule has 0 aliphatic carbocycles. The summed E-state index contributed by atoms with van der Waals surface area (Å²) in [5, 5.41) is 15.0. The molecule has 1 fully saturated rings. The lowest BCUT2D eigenvalue weighted by Gasteiger charge is -2.33. The fraction of sp³-hybridized carbons (Fsp3) is 0.476. The Morgan fingerprint density at radius 3 is 2.57 bits per heavy atom. The molecule has 1 aliphatic rings. The molecule has 1 aromatic carbocycles. The van der Waals surface area contributed by atoms with Gasteiger partial charge in [-0.05, 0) is 46.9 Å². The SMILES string of the molecule is COc1ccc(C(NC(=O)C2CCN(c3cncc4nnnn34)CC2)C(C)C)cc1. The molecule has 30 heavy (non-hydrogen) atoms. The molecule has 0 radical (unpaired) electrons. The van der Waals surface area contributed by atoms with Gasteiger partial charge in [0.2, 0.25) is 5.91 Å². The number of carbonyl (C=O) groups excluding carboxylic acids is 1. The van der Waals surface area contributed by atoms with Gasteiger partial charge in [-0.3, -0.25) is 9.78 Å². The molecular formula is C21H27N7O2. The molecule has 1 aliphatic heterocycles. The highest BCUT2D eigenvalue weighted by molar-refractivity contribution is 5.79. The fourth-order valence-corrected chi connectivity index (χ4v) is 3.97. The quantitative estimate of drug-likeness (QED) is 0.667. The predicted molar refractivity (Wildman–Crippen MR) is 112 cm³/mol. The number of hydrogen-bond acceptors (Lipinski definition) is 7. The Hall–Kier alpha value is -3.23. The van der Waals surface area contributed by atoms with Crippen molar-refractivity contribution in [2.75, 3.05) is 25.1 Å². The monoisotopic (exact) mass is 409 g/mol. The molecule has 1 amide bonds. The third-order valence-electron chi connectivity index (χ3n) is 5.72. The molecule has 4 rings (SSSR count). The summed E-state index contributed by atoms with van der Waals surface area (Å²) in [5.74, 6) is 2.05. The summed E-state index contributed by atoms with van der Waals surface area (Å²) in [4.78, 5) is 19.4. The first-order chi connectivity index (χ1) is 14.6. The van der Waals surface area contributed by atoms with Gasteiger partial charge in [-0.1, -0.05) is 26.0 Å². The number of hydrogen-bond donors (Lipinski definition) is 1. The predicted octanol–water partition coefficient (Wildman–Crippen LogP) is 2.26. The third kappa shape index (κ3) is 4.05. The standard InChI is InChI=1S/C21H27N7O2/c1-14(2)20(15-4-6-17(30-3)7-5-15)23-21(29)16-8-10-27(11-9-16)19-13-22-12-18-24-25-26-28(18)19/h4-7,12-14,16,20H,8-11H2,1-3H3,(H,23,29). The minimum atomic E-state index is -0.0272. The van der Waals surface area contributed by atoms with Crippen molar-refractivity contribution in [1.29, 1.82) is 0 Å². The summed E-state index contributed by atoms with van der Waals surface area (Å²) in [6.45, 7) is 5.76. The highest BCUT2D eigenvalue weighted by Crippen LogP contribution is 2.27. The average molecular weight is 409 g/mol. The van der Waals surface area contributed by atoms with Crippen LogP contribution in [-0.2, 0) is 4.79 Å². The van der Waals surface area contributed by atoms with Crippen LogP contribution >= 0.6 is 0 Å². The van der Waals surface area contributed by atoms with Gasteiger partial charge in [0.05, 0.1) is 25.5 Å². The summed E-state index contributed by atoms with van der Waals surface area (Å²) in [7, 11) is 1.65. The Morgan fingerprint density at radius 1 is 1.17 bits per heavy atom. The van der Waals surface area contributed by atoms with Crippen LogP contribution in [-0.4, -0.2) is 51.1 Å². The van der Waals surface area contributed by atoms with E-state index in [1.807, 2.05) is 24.3 Å². The zero-order chi connectivity index (χ0) is 21.1. The molecule has 1 N–H and O–H groups in total. The van der Waals surface area contributed by atoms with E-state index < -0.39 is 0 Å². The van der Waals surface area contributed by atoms with Crippen LogP contribution in [0.2, 0.25) is 0 Å². The van der Waals surface area contributed by atoms with E-state index in [2.05, 4.69) is 44.6 Å². The Labute approximate surface area is 175 Å². The first-order valence-corrected chi connectivity index (χ1v) is 10.3. The normalized spacial score (nSPS) is 16.1. The maximum atomic E-state index is 13.0. The van der Waals surface area contributed by atoms with Crippen LogP contribution in [0, 0.1) is 11.8 Å². The molecule has 3 aromatic rings. The van der Waals surface area contributed by atoms with Crippen molar-refractivity contribution in [3.05, 3.63) is 42.2 Å². The van der Waals surface area contributed by atoms with Crippen molar-refractivity contribution >= 4 is 17.4 Å². The number of methoxy groups -OCH3 is 1. The summed E-state index contributed by atoms with van der Waals surface area (Å²) >= 11 is 0. The van der Waals surface area contributed by atoms with Gasteiger partial charge in [-0.15, -0.1) is 5.10 Å². The summed E-state index contributed by atoms with van der Waals surface area (Å²) in [5.41, 5.74) is 1.71. The molecule has 0 saturated carbocycles. The van der Waals surface area contributed by atoms with E-state index in [0.29, 0.717) is 5.65 Å². The second-order valence-electron chi connectivity index (χ2n) is 7.98. The van der Waals surface area contributed by atoms with Gasteiger partial charge in [-0.2, -0.15) is 4.52 Å². The number of nitrogens with one attached hydrogen (secondary N) is 1. The van der Waals surface area contributed by atoms with Crippen LogP contribution < -0.4 is 15.0 Å². The first kappa shape index (κ1) is 20.1. The van der Waals surface area contributed by atoms with Crippen molar-refractivity contribution in [3.8, 4) is 5.75 Å². The van der Waals surface area contributed by atoms with Crippen molar-refractivity contribution in [2.45, 2.75) is 32.7 Å². The zero-order valence-corrected chi connectivity index (χ0v) is 17.5. The zero-order valence-electron chi connectivity index (χ0n) is 17.5. The Kier molecular flexibility index (Phi) is 5.78. The molecule has 1 saturated heterocycles. The summed E-state index contributed by atoms with van der Waals surface area (Å²) in [6.07, 6.45) is 4.95. The molecule has 1 atom stereocenters. The van der Waals surface area contributed by atoms with Crippen LogP contribution in [0.5, 0.6) is 5.75 Å². The van der Waals surface area contributed by atoms with E-state index in [1.54, 1.807) is 24.0 Å². The highest BCUT2D eigenvalue weighted by Gasteiger charge is 2.29. The van der Waals surface area contributed by atoms with Gasteiger partial charge in [0, 0.05) is 19.0 Å². The molecule has 0 bridgehead atoms. The van der Waals surface area contributed by atoms with Crippen molar-refractivity contribution in [1.82, 2.24) is 30.3 Å². The Bertz CT molecular complexity index is 994. The minimum absolute atomic E-state index is 0.0122. The van der Waals surface area contributed by atoms with Crippen molar-refractivity contribution in [3.63, 3.8) is 0 Å². The minimum Gasteiger partial charge on any atom is -0.497 e. The maximum Gasteiger partial charge on any atom is 0.223 e. The van der Waals surface area contributed by atoms with Gasteiger partial charge in [-0.25, -0.2) is 0 Å². The number of ether oxygens (including phenoxy) is 1. The number of fused-ring (bicyclic) bond motifs is 1. The molecule has 9 nitrogen and oxygen atoms in total. The number of rotatable bonds is 6. The number of piperidine rings is 1. The lowest BCUT2D eigenvalue weighted by atomic mass is 9.92. The molecule has 2 aromatic heterocycles. The van der Waals surface area contributed by atoms with Crippen LogP contribution in [0.15, 0.2) is 36.7 Å². The van der Waals surface area contributed by atoms with E-state index in [9.17, 15) is 4.79 Å². The fourth-order valence-electron chi connectivity index (χ4n) is 3.97. The van der Waals surface area contributed by atoms with E-state index in [1.165, 1.54) is 0 Å². The van der Waals surface area contributed by atoms with Crippen molar-refractivity contribution < 1.29 is 9.53 Å². The van der Waals surface area contributed by atoms with Gasteiger partial charge in [0.15, 0.2) is 11.5 Å². The number of amides is 1. The highest BCUT2D eigenvalue weighted by atomic mass is 16.5. The molecule has 3 heterocycles. The number of nitrogens with zero attached hydrogens (tertiary/aromatic N) is 6. The Balaban J connectivity index is 1.40. The molecule has 1 unspecified atom stereocenters. The lowest BCUT2D eigenvalue weighted by Crippen LogP contribution is -2.43. The van der Waals surface area contributed by atoms with E-state index in [-0.39, 0.29) is 23.8 Å². The second-order valence-corrected chi connectivity index (χ2v) is 7.98. The smallest absolute Gasteiger partial charge is 0.223 e. The van der Waals surface area contributed by atoms with E-state index in [4.69, 9.17) is 4.74 Å². The van der Waals surface area contributed by atoms with Gasteiger partial charge < -0.3 is 15.0 Å². The lowest BCUT2D eigenvalue weighted by molar-refractivity contribution is -0.126. The number of carbonyl (C=O) groups is 1. The van der Waals surface area contributed by atoms with Crippen LogP contribution in [0.4, 0.5) is 5.82 Å². The molecular weight excluding hydrogens is 382 g/mol. The summed E-state index contributed by atoms with van der Waals surface area (Å²) in [6, 6.07) is 7.88. The number of aromatic nitrogens is 5. The topological polar surface area (TPSA) is 97.5 Å². The van der Waals surface area contributed by atoms with Gasteiger partial charge >= 0.3 is 0 Å². The number of tetrazole rings is 1. The largest absolute Gasteiger partial charge is 0.497 e. The third-order valence-corrected chi connectivity index (χ3v) is 5.72. The number of benzene rings is 1. The van der Waals surface area contributed by atoms with E-state index >= 15 is 0 Å². The Morgan fingerprint density at radius 2 is 1.90 bits per heavy atom. The van der Waals surface area contributed by atoms with E-state index in [0.717, 1.165) is 43.1 Å². The number of anilines is 1. The van der Waals surface area contributed by atoms with Gasteiger partial charge in [0.25, 0.3) is 0 Å². The average Bonchev–Trinajstić information content (AvgIpc) is 3.26. The van der Waals surface area contributed by atoms with Crippen LogP contribution in [0.3, 0.4) is 0 Å². The van der Waals surface area contributed by atoms with Crippen molar-refractivity contribution in [2.24, 2.45) is 11.8 Å². The molecule has 9 heteroatoms. The van der Waals surface area contributed by atoms with Gasteiger partial charge in [0.1, 0.15) is 5.75 Å². The first-order valence-electron chi connectivity index (χ1n) is 10.3.